The summed E-state index contributed by atoms with van der Waals surface area (Å²) < 4.78 is 0. The summed E-state index contributed by atoms with van der Waals surface area (Å²) in [4.78, 5) is 11.6. The molecule has 0 fully saturated rings. The third-order valence-corrected chi connectivity index (χ3v) is 2.51. The normalized spacial score (nSPS) is 11.4. The Morgan fingerprint density at radius 3 is 2.59 bits per heavy atom. The average Bonchev–Trinajstić information content (AvgIpc) is 2.30. The second kappa shape index (κ2) is 7.07. The Bertz CT molecular complexity index is 398. The van der Waals surface area contributed by atoms with E-state index >= 15 is 0 Å². The van der Waals surface area contributed by atoms with Gasteiger partial charge in [0.05, 0.1) is 6.42 Å². The van der Waals surface area contributed by atoms with Gasteiger partial charge in [-0.3, -0.25) is 4.79 Å². The van der Waals surface area contributed by atoms with Crippen LogP contribution in [0.4, 0.5) is 0 Å². The molecule has 0 atom stereocenters. The molecule has 0 spiro atoms. The zero-order valence-electron chi connectivity index (χ0n) is 10.2. The number of amides is 1. The van der Waals surface area contributed by atoms with Crippen LogP contribution in [0.2, 0.25) is 5.02 Å². The molecule has 92 valence electrons. The Morgan fingerprint density at radius 2 is 2.00 bits per heavy atom. The fraction of sp³-hybridized carbons (Fsp3) is 0.385. The molecule has 17 heavy (non-hydrogen) atoms. The molecule has 1 aromatic rings. The van der Waals surface area contributed by atoms with Crippen LogP contribution in [0.5, 0.6) is 0 Å². The van der Waals surface area contributed by atoms with Gasteiger partial charge in [-0.1, -0.05) is 37.1 Å². The molecule has 0 radical (unpaired) electrons. The van der Waals surface area contributed by atoms with Gasteiger partial charge in [0, 0.05) is 10.7 Å². The van der Waals surface area contributed by atoms with Crippen LogP contribution in [0, 0.1) is 0 Å². The zero-order chi connectivity index (χ0) is 12.7. The van der Waals surface area contributed by atoms with Gasteiger partial charge in [0.2, 0.25) is 5.91 Å². The first-order valence-corrected chi connectivity index (χ1v) is 6.06. The zero-order valence-corrected chi connectivity index (χ0v) is 10.9. The molecule has 0 aliphatic heterocycles. The number of carbonyl (C=O) groups excluding carboxylic acids is 1. The first-order chi connectivity index (χ1) is 8.11. The summed E-state index contributed by atoms with van der Waals surface area (Å²) in [5.41, 5.74) is 4.41. The molecule has 0 unspecified atom stereocenters. The van der Waals surface area contributed by atoms with E-state index in [1.54, 1.807) is 12.1 Å². The molecule has 0 saturated heterocycles. The summed E-state index contributed by atoms with van der Waals surface area (Å²) in [5, 5.41) is 4.69. The fourth-order valence-electron chi connectivity index (χ4n) is 1.40. The Balaban J connectivity index is 2.44. The second-order valence-electron chi connectivity index (χ2n) is 3.94. The lowest BCUT2D eigenvalue weighted by atomic mass is 10.1. The smallest absolute Gasteiger partial charge is 0.244 e. The van der Waals surface area contributed by atoms with E-state index in [1.807, 2.05) is 19.1 Å². The lowest BCUT2D eigenvalue weighted by molar-refractivity contribution is -0.120. The Kier molecular flexibility index (Phi) is 5.70. The Morgan fingerprint density at radius 1 is 1.35 bits per heavy atom. The van der Waals surface area contributed by atoms with Crippen molar-refractivity contribution in [1.82, 2.24) is 5.43 Å². The molecule has 0 heterocycles. The second-order valence-corrected chi connectivity index (χ2v) is 4.37. The van der Waals surface area contributed by atoms with E-state index in [9.17, 15) is 4.79 Å². The van der Waals surface area contributed by atoms with Gasteiger partial charge in [-0.2, -0.15) is 5.10 Å². The van der Waals surface area contributed by atoms with Gasteiger partial charge in [-0.15, -0.1) is 0 Å². The van der Waals surface area contributed by atoms with Crippen molar-refractivity contribution in [3.63, 3.8) is 0 Å². The summed E-state index contributed by atoms with van der Waals surface area (Å²) in [5.74, 6) is -0.109. The van der Waals surface area contributed by atoms with E-state index in [0.29, 0.717) is 11.4 Å². The van der Waals surface area contributed by atoms with Crippen molar-refractivity contribution in [3.05, 3.63) is 34.9 Å². The lowest BCUT2D eigenvalue weighted by Gasteiger charge is -2.02. The Hall–Kier alpha value is -1.35. The lowest BCUT2D eigenvalue weighted by Crippen LogP contribution is -2.20. The maximum absolute atomic E-state index is 11.6. The highest BCUT2D eigenvalue weighted by molar-refractivity contribution is 6.30. The molecular formula is C13H17ClN2O. The highest BCUT2D eigenvalue weighted by Crippen LogP contribution is 2.09. The van der Waals surface area contributed by atoms with E-state index in [2.05, 4.69) is 17.5 Å². The molecule has 3 nitrogen and oxygen atoms in total. The highest BCUT2D eigenvalue weighted by Gasteiger charge is 2.02. The topological polar surface area (TPSA) is 41.5 Å². The first kappa shape index (κ1) is 13.7. The van der Waals surface area contributed by atoms with Crippen molar-refractivity contribution in [1.29, 1.82) is 0 Å². The van der Waals surface area contributed by atoms with Gasteiger partial charge < -0.3 is 0 Å². The number of hydrazone groups is 1. The highest BCUT2D eigenvalue weighted by atomic mass is 35.5. The molecule has 4 heteroatoms. The maximum atomic E-state index is 11.6. The number of halogens is 1. The number of carbonyl (C=O) groups is 1. The molecule has 0 bridgehead atoms. The standard InChI is InChI=1S/C13H17ClN2O/c1-3-4-10(2)15-16-13(17)9-11-5-7-12(14)8-6-11/h5-8H,3-4,9H2,1-2H3,(H,16,17)/b15-10+. The molecular weight excluding hydrogens is 236 g/mol. The molecule has 1 rings (SSSR count). The molecule has 0 aliphatic carbocycles. The van der Waals surface area contributed by atoms with Crippen molar-refractivity contribution in [2.45, 2.75) is 33.1 Å². The van der Waals surface area contributed by atoms with Crippen molar-refractivity contribution in [2.75, 3.05) is 0 Å². The molecule has 0 aromatic heterocycles. The molecule has 1 amide bonds. The summed E-state index contributed by atoms with van der Waals surface area (Å²) in [6, 6.07) is 7.22. The molecule has 1 aromatic carbocycles. The minimum Gasteiger partial charge on any atom is -0.273 e. The molecule has 0 aliphatic rings. The quantitative estimate of drug-likeness (QED) is 0.635. The van der Waals surface area contributed by atoms with Crippen LogP contribution in [-0.4, -0.2) is 11.6 Å². The van der Waals surface area contributed by atoms with Gasteiger partial charge in [0.25, 0.3) is 0 Å². The number of nitrogens with one attached hydrogen (secondary N) is 1. The van der Waals surface area contributed by atoms with Crippen molar-refractivity contribution >= 4 is 23.2 Å². The van der Waals surface area contributed by atoms with Crippen LogP contribution in [0.3, 0.4) is 0 Å². The largest absolute Gasteiger partial charge is 0.273 e. The third kappa shape index (κ3) is 5.50. The predicted molar refractivity (Wildman–Crippen MR) is 71.3 cm³/mol. The van der Waals surface area contributed by atoms with Crippen LogP contribution in [0.15, 0.2) is 29.4 Å². The van der Waals surface area contributed by atoms with E-state index < -0.39 is 0 Å². The summed E-state index contributed by atoms with van der Waals surface area (Å²) in [6.45, 7) is 3.99. The predicted octanol–water partition coefficient (Wildman–Crippen LogP) is 3.17. The summed E-state index contributed by atoms with van der Waals surface area (Å²) >= 11 is 5.76. The monoisotopic (exact) mass is 252 g/mol. The van der Waals surface area contributed by atoms with Gasteiger partial charge in [0.1, 0.15) is 0 Å². The SMILES string of the molecule is CCC/C(C)=N/NC(=O)Cc1ccc(Cl)cc1. The molecule has 1 N–H and O–H groups in total. The van der Waals surface area contributed by atoms with Gasteiger partial charge >= 0.3 is 0 Å². The van der Waals surface area contributed by atoms with Gasteiger partial charge in [0.15, 0.2) is 0 Å². The van der Waals surface area contributed by atoms with E-state index in [1.165, 1.54) is 0 Å². The number of rotatable bonds is 5. The fourth-order valence-corrected chi connectivity index (χ4v) is 1.53. The van der Waals surface area contributed by atoms with Gasteiger partial charge in [-0.05, 0) is 31.0 Å². The Labute approximate surface area is 107 Å². The summed E-state index contributed by atoms with van der Waals surface area (Å²) in [6.07, 6.45) is 2.25. The van der Waals surface area contributed by atoms with Crippen LogP contribution >= 0.6 is 11.6 Å². The van der Waals surface area contributed by atoms with Gasteiger partial charge in [-0.25, -0.2) is 5.43 Å². The third-order valence-electron chi connectivity index (χ3n) is 2.26. The number of benzene rings is 1. The van der Waals surface area contributed by atoms with E-state index in [0.717, 1.165) is 24.1 Å². The van der Waals surface area contributed by atoms with Crippen LogP contribution in [0.1, 0.15) is 32.3 Å². The van der Waals surface area contributed by atoms with Crippen LogP contribution in [0.25, 0.3) is 0 Å². The van der Waals surface area contributed by atoms with Crippen molar-refractivity contribution in [3.8, 4) is 0 Å². The molecule has 0 saturated carbocycles. The van der Waals surface area contributed by atoms with Crippen LogP contribution in [-0.2, 0) is 11.2 Å². The summed E-state index contributed by atoms with van der Waals surface area (Å²) in [7, 11) is 0. The minimum absolute atomic E-state index is 0.109. The van der Waals surface area contributed by atoms with E-state index in [4.69, 9.17) is 11.6 Å². The van der Waals surface area contributed by atoms with Crippen molar-refractivity contribution in [2.24, 2.45) is 5.10 Å². The number of hydrogen-bond acceptors (Lipinski definition) is 2. The minimum atomic E-state index is -0.109. The number of nitrogens with zero attached hydrogens (tertiary/aromatic N) is 1. The average molecular weight is 253 g/mol. The van der Waals surface area contributed by atoms with E-state index in [-0.39, 0.29) is 5.91 Å². The number of hydrogen-bond donors (Lipinski definition) is 1. The van der Waals surface area contributed by atoms with Crippen LogP contribution < -0.4 is 5.43 Å². The first-order valence-electron chi connectivity index (χ1n) is 5.68. The van der Waals surface area contributed by atoms with Crippen molar-refractivity contribution < 1.29 is 4.79 Å². The maximum Gasteiger partial charge on any atom is 0.244 e.